The Balaban J connectivity index is 1.31. The van der Waals surface area contributed by atoms with E-state index in [0.29, 0.717) is 24.1 Å². The second-order valence-electron chi connectivity index (χ2n) is 9.75. The fourth-order valence-corrected chi connectivity index (χ4v) is 8.59. The molecular weight excluding hydrogens is 410 g/mol. The van der Waals surface area contributed by atoms with Gasteiger partial charge < -0.3 is 15.7 Å². The van der Waals surface area contributed by atoms with Gasteiger partial charge in [-0.2, -0.15) is 0 Å². The Bertz CT molecular complexity index is 676. The molecule has 3 heterocycles. The summed E-state index contributed by atoms with van der Waals surface area (Å²) in [6.45, 7) is 5.95. The standard InChI is InChI=1S/C19H37N5O3S2/c1-19(2,25)18-21-11-16(28-18)14-8-7-13(10-20-14)29(26,27)23-15-6-4-5-12-9-22-24(3)17(12)15/h12-18,20-23,25H,4-11H2,1-3H3. The molecule has 3 aliphatic heterocycles. The summed E-state index contributed by atoms with van der Waals surface area (Å²) >= 11 is 1.77. The molecule has 4 aliphatic rings. The first-order chi connectivity index (χ1) is 13.6. The number of piperidine rings is 1. The molecule has 0 amide bonds. The number of aliphatic hydroxyl groups is 1. The number of hydrogen-bond acceptors (Lipinski definition) is 8. The van der Waals surface area contributed by atoms with E-state index in [1.54, 1.807) is 11.8 Å². The van der Waals surface area contributed by atoms with Crippen molar-refractivity contribution in [1.82, 2.24) is 25.8 Å². The molecule has 7 unspecified atom stereocenters. The molecule has 3 saturated heterocycles. The van der Waals surface area contributed by atoms with Crippen molar-refractivity contribution in [3.63, 3.8) is 0 Å². The first kappa shape index (κ1) is 22.3. The maximum atomic E-state index is 13.1. The van der Waals surface area contributed by atoms with Gasteiger partial charge in [0.1, 0.15) is 0 Å². The minimum absolute atomic E-state index is 0.00129. The Labute approximate surface area is 179 Å². The smallest absolute Gasteiger partial charge is 0.216 e. The molecule has 4 rings (SSSR count). The quantitative estimate of drug-likeness (QED) is 0.395. The molecule has 0 aromatic heterocycles. The molecule has 1 saturated carbocycles. The molecule has 0 bridgehead atoms. The summed E-state index contributed by atoms with van der Waals surface area (Å²) in [5.74, 6) is 0.533. The average Bonchev–Trinajstić information content (AvgIpc) is 3.30. The summed E-state index contributed by atoms with van der Waals surface area (Å²) in [7, 11) is -1.33. The van der Waals surface area contributed by atoms with Gasteiger partial charge in [-0.15, -0.1) is 11.8 Å². The molecule has 7 atom stereocenters. The lowest BCUT2D eigenvalue weighted by Crippen LogP contribution is -2.57. The van der Waals surface area contributed by atoms with Crippen molar-refractivity contribution in [3.8, 4) is 0 Å². The number of nitrogens with one attached hydrogen (secondary N) is 4. The van der Waals surface area contributed by atoms with Gasteiger partial charge in [-0.3, -0.25) is 5.43 Å². The van der Waals surface area contributed by atoms with Gasteiger partial charge in [-0.1, -0.05) is 6.42 Å². The third kappa shape index (κ3) is 4.79. The minimum atomic E-state index is -3.36. The topological polar surface area (TPSA) is 106 Å². The summed E-state index contributed by atoms with van der Waals surface area (Å²) in [5.41, 5.74) is 2.61. The van der Waals surface area contributed by atoms with E-state index in [1.165, 1.54) is 6.42 Å². The number of likely N-dealkylation sites (N-methyl/N-ethyl adjacent to an activating group) is 1. The lowest BCUT2D eigenvalue weighted by molar-refractivity contribution is 0.0707. The van der Waals surface area contributed by atoms with Gasteiger partial charge >= 0.3 is 0 Å². The van der Waals surface area contributed by atoms with Crippen LogP contribution in [0.15, 0.2) is 0 Å². The maximum absolute atomic E-state index is 13.1. The SMILES string of the molecule is CN1NCC2CCCC(NS(=O)(=O)C3CCC(C4CNC(C(C)(C)O)S4)NC3)C21. The fourth-order valence-electron chi connectivity index (χ4n) is 5.46. The second-order valence-corrected chi connectivity index (χ2v) is 13.1. The first-order valence-corrected chi connectivity index (χ1v) is 13.5. The van der Waals surface area contributed by atoms with Crippen molar-refractivity contribution in [2.45, 2.75) is 85.6 Å². The molecule has 29 heavy (non-hydrogen) atoms. The Kier molecular flexibility index (Phi) is 6.55. The van der Waals surface area contributed by atoms with Crippen LogP contribution in [0.3, 0.4) is 0 Å². The Morgan fingerprint density at radius 1 is 1.10 bits per heavy atom. The highest BCUT2D eigenvalue weighted by Crippen LogP contribution is 2.35. The zero-order valence-electron chi connectivity index (χ0n) is 17.7. The number of hydrazine groups is 1. The molecule has 8 nitrogen and oxygen atoms in total. The van der Waals surface area contributed by atoms with Gasteiger partial charge in [-0.05, 0) is 45.4 Å². The van der Waals surface area contributed by atoms with Crippen LogP contribution in [0.25, 0.3) is 0 Å². The average molecular weight is 448 g/mol. The lowest BCUT2D eigenvalue weighted by Gasteiger charge is -2.38. The molecule has 10 heteroatoms. The van der Waals surface area contributed by atoms with Crippen LogP contribution in [0.5, 0.6) is 0 Å². The van der Waals surface area contributed by atoms with Gasteiger partial charge in [0, 0.05) is 50.1 Å². The van der Waals surface area contributed by atoms with E-state index in [2.05, 4.69) is 25.8 Å². The highest BCUT2D eigenvalue weighted by atomic mass is 32.2. The molecule has 168 valence electrons. The van der Waals surface area contributed by atoms with Crippen LogP contribution in [0, 0.1) is 5.92 Å². The van der Waals surface area contributed by atoms with Gasteiger partial charge in [0.25, 0.3) is 0 Å². The maximum Gasteiger partial charge on any atom is 0.216 e. The zero-order valence-corrected chi connectivity index (χ0v) is 19.4. The Hall–Kier alpha value is 0.0600. The molecule has 0 spiro atoms. The summed E-state index contributed by atoms with van der Waals surface area (Å²) < 4.78 is 29.3. The number of hydrogen-bond donors (Lipinski definition) is 5. The number of thioether (sulfide) groups is 1. The number of fused-ring (bicyclic) bond motifs is 1. The fraction of sp³-hybridized carbons (Fsp3) is 1.00. The number of rotatable bonds is 5. The van der Waals surface area contributed by atoms with Crippen LogP contribution < -0.4 is 20.8 Å². The van der Waals surface area contributed by atoms with Gasteiger partial charge in [0.15, 0.2) is 0 Å². The monoisotopic (exact) mass is 447 g/mol. The number of sulfonamides is 1. The zero-order chi connectivity index (χ0) is 20.8. The normalized spacial score (nSPS) is 42.1. The summed E-state index contributed by atoms with van der Waals surface area (Å²) in [5, 5.41) is 19.2. The first-order valence-electron chi connectivity index (χ1n) is 11.0. The van der Waals surface area contributed by atoms with E-state index in [0.717, 1.165) is 32.4 Å². The van der Waals surface area contributed by atoms with Crippen molar-refractivity contribution in [3.05, 3.63) is 0 Å². The summed E-state index contributed by atoms with van der Waals surface area (Å²) in [4.78, 5) is 0. The molecule has 0 radical (unpaired) electrons. The van der Waals surface area contributed by atoms with Crippen molar-refractivity contribution < 1.29 is 13.5 Å². The largest absolute Gasteiger partial charge is 0.388 e. The third-order valence-electron chi connectivity index (χ3n) is 7.10. The van der Waals surface area contributed by atoms with E-state index >= 15 is 0 Å². The van der Waals surface area contributed by atoms with E-state index < -0.39 is 15.6 Å². The van der Waals surface area contributed by atoms with Crippen LogP contribution >= 0.6 is 11.8 Å². The Morgan fingerprint density at radius 2 is 1.90 bits per heavy atom. The lowest BCUT2D eigenvalue weighted by atomic mass is 9.82. The van der Waals surface area contributed by atoms with Crippen LogP contribution in [-0.2, 0) is 10.0 Å². The third-order valence-corrected chi connectivity index (χ3v) is 10.9. The molecule has 0 aromatic rings. The summed E-state index contributed by atoms with van der Waals surface area (Å²) in [6, 6.07) is 0.539. The van der Waals surface area contributed by atoms with Crippen LogP contribution in [0.4, 0.5) is 0 Å². The van der Waals surface area contributed by atoms with E-state index in [-0.39, 0.29) is 28.7 Å². The van der Waals surface area contributed by atoms with Gasteiger partial charge in [0.05, 0.1) is 16.2 Å². The molecular formula is C19H37N5O3S2. The highest BCUT2D eigenvalue weighted by Gasteiger charge is 2.44. The molecule has 0 aromatic carbocycles. The Morgan fingerprint density at radius 3 is 2.55 bits per heavy atom. The van der Waals surface area contributed by atoms with Crippen LogP contribution in [-0.4, -0.2) is 84.8 Å². The number of nitrogens with zero attached hydrogens (tertiary/aromatic N) is 1. The predicted octanol–water partition coefficient (Wildman–Crippen LogP) is -0.184. The second kappa shape index (κ2) is 8.54. The minimum Gasteiger partial charge on any atom is -0.388 e. The van der Waals surface area contributed by atoms with Crippen LogP contribution in [0.1, 0.15) is 46.0 Å². The van der Waals surface area contributed by atoms with E-state index in [1.807, 2.05) is 20.9 Å². The van der Waals surface area contributed by atoms with Crippen molar-refractivity contribution in [2.75, 3.05) is 26.7 Å². The highest BCUT2D eigenvalue weighted by molar-refractivity contribution is 8.00. The van der Waals surface area contributed by atoms with Gasteiger partial charge in [0.2, 0.25) is 10.0 Å². The van der Waals surface area contributed by atoms with E-state index in [9.17, 15) is 13.5 Å². The van der Waals surface area contributed by atoms with Crippen LogP contribution in [0.2, 0.25) is 0 Å². The molecule has 4 fully saturated rings. The van der Waals surface area contributed by atoms with Gasteiger partial charge in [-0.25, -0.2) is 18.1 Å². The molecule has 5 N–H and O–H groups in total. The predicted molar refractivity (Wildman–Crippen MR) is 117 cm³/mol. The van der Waals surface area contributed by atoms with Crippen molar-refractivity contribution >= 4 is 21.8 Å². The van der Waals surface area contributed by atoms with E-state index in [4.69, 9.17) is 0 Å². The summed E-state index contributed by atoms with van der Waals surface area (Å²) in [6.07, 6.45) is 4.71. The van der Waals surface area contributed by atoms with Crippen molar-refractivity contribution in [2.24, 2.45) is 5.92 Å². The molecule has 1 aliphatic carbocycles. The van der Waals surface area contributed by atoms with Crippen molar-refractivity contribution in [1.29, 1.82) is 0 Å².